The van der Waals surface area contributed by atoms with E-state index in [2.05, 4.69) is 26.1 Å². The molecule has 1 fully saturated rings. The van der Waals surface area contributed by atoms with Crippen LogP contribution in [0.25, 0.3) is 0 Å². The normalized spacial score (nSPS) is 17.5. The summed E-state index contributed by atoms with van der Waals surface area (Å²) in [6.45, 7) is 1.21. The monoisotopic (exact) mass is 397 g/mol. The van der Waals surface area contributed by atoms with E-state index >= 15 is 0 Å². The van der Waals surface area contributed by atoms with Gasteiger partial charge in [0, 0.05) is 16.6 Å². The third-order valence-electron chi connectivity index (χ3n) is 3.63. The summed E-state index contributed by atoms with van der Waals surface area (Å²) in [5.74, 6) is 0.235. The molecule has 0 aliphatic carbocycles. The van der Waals surface area contributed by atoms with Crippen LogP contribution in [0.3, 0.4) is 0 Å². The third-order valence-corrected chi connectivity index (χ3v) is 5.14. The molecular formula is C15H16BrN3O3S. The predicted molar refractivity (Wildman–Crippen MR) is 91.0 cm³/mol. The van der Waals surface area contributed by atoms with E-state index in [9.17, 15) is 9.59 Å². The molecule has 1 aliphatic heterocycles. The van der Waals surface area contributed by atoms with Gasteiger partial charge in [-0.25, -0.2) is 9.89 Å². The van der Waals surface area contributed by atoms with Gasteiger partial charge in [0.15, 0.2) is 10.9 Å². The van der Waals surface area contributed by atoms with Crippen LogP contribution in [0.15, 0.2) is 38.7 Å². The van der Waals surface area contributed by atoms with Gasteiger partial charge in [-0.2, -0.15) is 0 Å². The molecule has 1 saturated heterocycles. The molecule has 122 valence electrons. The van der Waals surface area contributed by atoms with Gasteiger partial charge in [0.25, 0.3) is 0 Å². The number of hydrogen-bond donors (Lipinski definition) is 1. The van der Waals surface area contributed by atoms with Gasteiger partial charge in [-0.15, -0.1) is 5.10 Å². The maximum absolute atomic E-state index is 12.2. The molecule has 6 nitrogen and oxygen atoms in total. The number of Topliss-reactive ketones (excluding diaryl/α,β-unsaturated/α-hetero) is 1. The molecule has 0 saturated carbocycles. The highest BCUT2D eigenvalue weighted by Crippen LogP contribution is 2.19. The molecule has 2 aromatic rings. The van der Waals surface area contributed by atoms with Crippen molar-refractivity contribution in [1.29, 1.82) is 0 Å². The summed E-state index contributed by atoms with van der Waals surface area (Å²) in [4.78, 5) is 24.1. The van der Waals surface area contributed by atoms with Crippen LogP contribution in [0.1, 0.15) is 23.2 Å². The highest BCUT2D eigenvalue weighted by Gasteiger charge is 2.20. The number of nitrogens with zero attached hydrogens (tertiary/aromatic N) is 2. The first-order valence-corrected chi connectivity index (χ1v) is 9.10. The van der Waals surface area contributed by atoms with Crippen LogP contribution in [0, 0.1) is 0 Å². The number of thioether (sulfide) groups is 1. The summed E-state index contributed by atoms with van der Waals surface area (Å²) >= 11 is 4.61. The zero-order chi connectivity index (χ0) is 16.2. The number of aromatic amines is 1. The minimum atomic E-state index is -0.265. The van der Waals surface area contributed by atoms with Crippen molar-refractivity contribution in [2.24, 2.45) is 0 Å². The molecule has 3 rings (SSSR count). The molecule has 0 bridgehead atoms. The van der Waals surface area contributed by atoms with E-state index in [0.717, 1.165) is 23.9 Å². The molecule has 1 aromatic carbocycles. The maximum atomic E-state index is 12.2. The van der Waals surface area contributed by atoms with Crippen molar-refractivity contribution in [3.05, 3.63) is 44.8 Å². The number of nitrogens with one attached hydrogen (secondary N) is 1. The average Bonchev–Trinajstić information content (AvgIpc) is 3.18. The van der Waals surface area contributed by atoms with Crippen LogP contribution >= 0.6 is 27.7 Å². The molecule has 0 spiro atoms. The molecule has 8 heteroatoms. The van der Waals surface area contributed by atoms with Gasteiger partial charge in [-0.05, 0) is 25.0 Å². The number of hydrogen-bond acceptors (Lipinski definition) is 5. The van der Waals surface area contributed by atoms with Crippen LogP contribution in [-0.4, -0.2) is 39.0 Å². The van der Waals surface area contributed by atoms with Gasteiger partial charge in [0.1, 0.15) is 0 Å². The van der Waals surface area contributed by atoms with E-state index in [1.807, 2.05) is 12.1 Å². The second-order valence-corrected chi connectivity index (χ2v) is 7.13. The van der Waals surface area contributed by atoms with Crippen molar-refractivity contribution in [2.75, 3.05) is 12.4 Å². The lowest BCUT2D eigenvalue weighted by Crippen LogP contribution is -2.25. The van der Waals surface area contributed by atoms with E-state index in [0.29, 0.717) is 17.3 Å². The summed E-state index contributed by atoms with van der Waals surface area (Å²) in [6.07, 6.45) is 2.01. The van der Waals surface area contributed by atoms with Gasteiger partial charge >= 0.3 is 5.69 Å². The van der Waals surface area contributed by atoms with Crippen molar-refractivity contribution in [2.45, 2.75) is 30.6 Å². The van der Waals surface area contributed by atoms with E-state index in [4.69, 9.17) is 4.74 Å². The SMILES string of the molecule is O=C(CSc1n[nH]c(=O)n1CC1CCCO1)c1ccc(Br)cc1. The minimum Gasteiger partial charge on any atom is -0.376 e. The first-order valence-electron chi connectivity index (χ1n) is 7.32. The standard InChI is InChI=1S/C15H16BrN3O3S/c16-11-5-3-10(4-6-11)13(20)9-23-15-18-17-14(21)19(15)8-12-2-1-7-22-12/h3-6,12H,1-2,7-9H2,(H,17,21). The summed E-state index contributed by atoms with van der Waals surface area (Å²) < 4.78 is 8.04. The number of rotatable bonds is 6. The second kappa shape index (κ2) is 7.46. The van der Waals surface area contributed by atoms with Crippen LogP contribution in [0.4, 0.5) is 0 Å². The largest absolute Gasteiger partial charge is 0.376 e. The van der Waals surface area contributed by atoms with Gasteiger partial charge in [0.05, 0.1) is 18.4 Å². The molecule has 1 aliphatic rings. The van der Waals surface area contributed by atoms with Gasteiger partial charge < -0.3 is 4.74 Å². The lowest BCUT2D eigenvalue weighted by atomic mass is 10.2. The first kappa shape index (κ1) is 16.5. The number of halogens is 1. The highest BCUT2D eigenvalue weighted by molar-refractivity contribution is 9.10. The third kappa shape index (κ3) is 4.13. The molecule has 1 atom stereocenters. The zero-order valence-electron chi connectivity index (χ0n) is 12.3. The number of ketones is 1. The zero-order valence-corrected chi connectivity index (χ0v) is 14.7. The van der Waals surface area contributed by atoms with Crippen molar-refractivity contribution in [3.63, 3.8) is 0 Å². The van der Waals surface area contributed by atoms with Crippen LogP contribution in [0.5, 0.6) is 0 Å². The number of H-pyrrole nitrogens is 1. The van der Waals surface area contributed by atoms with Crippen molar-refractivity contribution in [1.82, 2.24) is 14.8 Å². The van der Waals surface area contributed by atoms with Crippen LogP contribution in [0.2, 0.25) is 0 Å². The molecule has 0 radical (unpaired) electrons. The number of aromatic nitrogens is 3. The van der Waals surface area contributed by atoms with Crippen molar-refractivity contribution < 1.29 is 9.53 Å². The van der Waals surface area contributed by atoms with Gasteiger partial charge in [0.2, 0.25) is 0 Å². The average molecular weight is 398 g/mol. The first-order chi connectivity index (χ1) is 11.1. The predicted octanol–water partition coefficient (Wildman–Crippen LogP) is 2.49. The Morgan fingerprint density at radius 2 is 2.22 bits per heavy atom. The fourth-order valence-electron chi connectivity index (χ4n) is 2.42. The lowest BCUT2D eigenvalue weighted by molar-refractivity contribution is 0.0941. The topological polar surface area (TPSA) is 77.0 Å². The fraction of sp³-hybridized carbons (Fsp3) is 0.400. The lowest BCUT2D eigenvalue weighted by Gasteiger charge is -2.10. The Morgan fingerprint density at radius 1 is 1.43 bits per heavy atom. The molecule has 2 heterocycles. The molecular weight excluding hydrogens is 382 g/mol. The Labute approximate surface area is 145 Å². The number of carbonyl (C=O) groups excluding carboxylic acids is 1. The Morgan fingerprint density at radius 3 is 2.91 bits per heavy atom. The summed E-state index contributed by atoms with van der Waals surface area (Å²) in [5, 5.41) is 6.98. The quantitative estimate of drug-likeness (QED) is 0.598. The van der Waals surface area contributed by atoms with Crippen LogP contribution < -0.4 is 5.69 Å². The summed E-state index contributed by atoms with van der Waals surface area (Å²) in [6, 6.07) is 7.22. The Hall–Kier alpha value is -1.38. The summed E-state index contributed by atoms with van der Waals surface area (Å²) in [5.41, 5.74) is 0.378. The summed E-state index contributed by atoms with van der Waals surface area (Å²) in [7, 11) is 0. The molecule has 23 heavy (non-hydrogen) atoms. The maximum Gasteiger partial charge on any atom is 0.344 e. The Balaban J connectivity index is 1.64. The molecule has 0 amide bonds. The van der Waals surface area contributed by atoms with Gasteiger partial charge in [-0.3, -0.25) is 9.36 Å². The van der Waals surface area contributed by atoms with Crippen molar-refractivity contribution >= 4 is 33.5 Å². The Bertz CT molecular complexity index is 735. The van der Waals surface area contributed by atoms with Gasteiger partial charge in [-0.1, -0.05) is 39.8 Å². The van der Waals surface area contributed by atoms with E-state index in [-0.39, 0.29) is 23.3 Å². The molecule has 1 unspecified atom stereocenters. The van der Waals surface area contributed by atoms with Crippen LogP contribution in [-0.2, 0) is 11.3 Å². The number of carbonyl (C=O) groups is 1. The molecule has 1 N–H and O–H groups in total. The minimum absolute atomic E-state index is 0.00150. The Kier molecular flexibility index (Phi) is 5.34. The smallest absolute Gasteiger partial charge is 0.344 e. The second-order valence-electron chi connectivity index (χ2n) is 5.28. The van der Waals surface area contributed by atoms with Crippen molar-refractivity contribution in [3.8, 4) is 0 Å². The fourth-order valence-corrected chi connectivity index (χ4v) is 3.53. The molecule has 1 aromatic heterocycles. The van der Waals surface area contributed by atoms with E-state index in [1.165, 1.54) is 11.8 Å². The number of ether oxygens (including phenoxy) is 1. The van der Waals surface area contributed by atoms with E-state index in [1.54, 1.807) is 16.7 Å². The highest BCUT2D eigenvalue weighted by atomic mass is 79.9. The number of benzene rings is 1. The van der Waals surface area contributed by atoms with E-state index < -0.39 is 0 Å².